The maximum atomic E-state index is 13.6. The van der Waals surface area contributed by atoms with E-state index in [-0.39, 0.29) is 36.6 Å². The molecule has 1 atom stereocenters. The van der Waals surface area contributed by atoms with Crippen molar-refractivity contribution in [3.8, 4) is 0 Å². The number of hydrogen-bond donors (Lipinski definition) is 2. The lowest BCUT2D eigenvalue weighted by atomic mass is 10.1. The normalized spacial score (nSPS) is 11.6. The molecule has 4 nitrogen and oxygen atoms in total. The highest BCUT2D eigenvalue weighted by molar-refractivity contribution is 9.10. The molecule has 0 aliphatic heterocycles. The van der Waals surface area contributed by atoms with Crippen LogP contribution in [0.15, 0.2) is 53.0 Å². The van der Waals surface area contributed by atoms with E-state index in [0.29, 0.717) is 11.1 Å². The Morgan fingerprint density at radius 3 is 2.58 bits per heavy atom. The van der Waals surface area contributed by atoms with Gasteiger partial charge in [-0.2, -0.15) is 0 Å². The van der Waals surface area contributed by atoms with Crippen molar-refractivity contribution in [1.29, 1.82) is 0 Å². The largest absolute Gasteiger partial charge is 0.352 e. The lowest BCUT2D eigenvalue weighted by Crippen LogP contribution is -2.37. The first-order valence-electron chi connectivity index (χ1n) is 7.52. The molecule has 24 heavy (non-hydrogen) atoms. The number of carbonyl (C=O) groups is 2. The molecule has 0 spiro atoms. The summed E-state index contributed by atoms with van der Waals surface area (Å²) < 4.78 is 14.4. The van der Waals surface area contributed by atoms with Gasteiger partial charge in [-0.25, -0.2) is 4.39 Å². The first kappa shape index (κ1) is 18.1. The number of carbonyl (C=O) groups excluding carboxylic acids is 2. The second kappa shape index (κ2) is 8.59. The average molecular weight is 393 g/mol. The molecule has 0 bridgehead atoms. The van der Waals surface area contributed by atoms with Crippen LogP contribution in [-0.2, 0) is 11.3 Å². The van der Waals surface area contributed by atoms with Crippen molar-refractivity contribution in [2.45, 2.75) is 25.9 Å². The monoisotopic (exact) mass is 392 g/mol. The van der Waals surface area contributed by atoms with E-state index in [4.69, 9.17) is 0 Å². The minimum Gasteiger partial charge on any atom is -0.352 e. The Balaban J connectivity index is 1.81. The quantitative estimate of drug-likeness (QED) is 0.791. The second-order valence-electron chi connectivity index (χ2n) is 5.46. The van der Waals surface area contributed by atoms with E-state index in [2.05, 4.69) is 26.6 Å². The third-order valence-electron chi connectivity index (χ3n) is 3.39. The van der Waals surface area contributed by atoms with Crippen molar-refractivity contribution in [2.24, 2.45) is 0 Å². The fourth-order valence-electron chi connectivity index (χ4n) is 2.17. The number of nitrogens with one attached hydrogen (secondary N) is 2. The average Bonchev–Trinajstić information content (AvgIpc) is 2.56. The van der Waals surface area contributed by atoms with Gasteiger partial charge < -0.3 is 10.6 Å². The van der Waals surface area contributed by atoms with Crippen LogP contribution in [0.2, 0.25) is 0 Å². The standard InChI is InChI=1S/C18H18BrFN2O2/c1-12(22-18(24)13-5-3-2-4-6-13)9-17(23)21-11-14-10-15(19)7-8-16(14)20/h2-8,10,12H,9,11H2,1H3,(H,21,23)(H,22,24). The molecule has 0 saturated heterocycles. The third kappa shape index (κ3) is 5.45. The Labute approximate surface area is 148 Å². The van der Waals surface area contributed by atoms with Crippen LogP contribution >= 0.6 is 15.9 Å². The molecule has 0 aliphatic rings. The van der Waals surface area contributed by atoms with Gasteiger partial charge in [-0.3, -0.25) is 9.59 Å². The van der Waals surface area contributed by atoms with Gasteiger partial charge >= 0.3 is 0 Å². The Hall–Kier alpha value is -2.21. The van der Waals surface area contributed by atoms with Gasteiger partial charge in [0.2, 0.25) is 5.91 Å². The van der Waals surface area contributed by atoms with Gasteiger partial charge in [0, 0.05) is 34.6 Å². The summed E-state index contributed by atoms with van der Waals surface area (Å²) in [6.07, 6.45) is 0.119. The van der Waals surface area contributed by atoms with Crippen LogP contribution in [0.4, 0.5) is 4.39 Å². The van der Waals surface area contributed by atoms with Gasteiger partial charge in [-0.05, 0) is 37.3 Å². The van der Waals surface area contributed by atoms with Crippen molar-refractivity contribution in [3.05, 3.63) is 69.9 Å². The fourth-order valence-corrected chi connectivity index (χ4v) is 2.58. The molecule has 2 N–H and O–H groups in total. The minimum atomic E-state index is -0.371. The van der Waals surface area contributed by atoms with Gasteiger partial charge in [0.05, 0.1) is 0 Å². The van der Waals surface area contributed by atoms with E-state index in [1.54, 1.807) is 43.3 Å². The number of hydrogen-bond acceptors (Lipinski definition) is 2. The van der Waals surface area contributed by atoms with Gasteiger partial charge in [0.15, 0.2) is 0 Å². The molecule has 0 saturated carbocycles. The molecule has 126 valence electrons. The van der Waals surface area contributed by atoms with Crippen molar-refractivity contribution < 1.29 is 14.0 Å². The lowest BCUT2D eigenvalue weighted by Gasteiger charge is -2.14. The molecule has 2 rings (SSSR count). The van der Waals surface area contributed by atoms with E-state index in [1.165, 1.54) is 6.07 Å². The molecule has 2 aromatic carbocycles. The van der Waals surface area contributed by atoms with Crippen LogP contribution < -0.4 is 10.6 Å². The summed E-state index contributed by atoms with van der Waals surface area (Å²) in [7, 11) is 0. The van der Waals surface area contributed by atoms with Crippen LogP contribution in [0, 0.1) is 5.82 Å². The topological polar surface area (TPSA) is 58.2 Å². The van der Waals surface area contributed by atoms with E-state index in [9.17, 15) is 14.0 Å². The molecule has 2 amide bonds. The zero-order chi connectivity index (χ0) is 17.5. The number of amides is 2. The van der Waals surface area contributed by atoms with Gasteiger partial charge in [0.1, 0.15) is 5.82 Å². The molecule has 0 radical (unpaired) electrons. The smallest absolute Gasteiger partial charge is 0.251 e. The van der Waals surface area contributed by atoms with E-state index >= 15 is 0 Å². The van der Waals surface area contributed by atoms with Gasteiger partial charge in [-0.1, -0.05) is 34.1 Å². The molecule has 6 heteroatoms. The first-order chi connectivity index (χ1) is 11.5. The van der Waals surface area contributed by atoms with Crippen LogP contribution in [0.5, 0.6) is 0 Å². The minimum absolute atomic E-state index is 0.101. The van der Waals surface area contributed by atoms with Crippen molar-refractivity contribution in [1.82, 2.24) is 10.6 Å². The zero-order valence-electron chi connectivity index (χ0n) is 13.2. The fraction of sp³-hybridized carbons (Fsp3) is 0.222. The van der Waals surface area contributed by atoms with Crippen LogP contribution in [0.25, 0.3) is 0 Å². The van der Waals surface area contributed by atoms with Gasteiger partial charge in [-0.15, -0.1) is 0 Å². The predicted molar refractivity (Wildman–Crippen MR) is 93.9 cm³/mol. The predicted octanol–water partition coefficient (Wildman–Crippen LogP) is 3.41. The molecular formula is C18H18BrFN2O2. The molecular weight excluding hydrogens is 375 g/mol. The SMILES string of the molecule is CC(CC(=O)NCc1cc(Br)ccc1F)NC(=O)c1ccccc1. The summed E-state index contributed by atoms with van der Waals surface area (Å²) in [5, 5.41) is 5.42. The summed E-state index contributed by atoms with van der Waals surface area (Å²) in [6.45, 7) is 1.85. The molecule has 0 aromatic heterocycles. The molecule has 0 aliphatic carbocycles. The summed E-state index contributed by atoms with van der Waals surface area (Å²) in [5.41, 5.74) is 0.944. The first-order valence-corrected chi connectivity index (χ1v) is 8.31. The van der Waals surface area contributed by atoms with Crippen molar-refractivity contribution >= 4 is 27.7 Å². The maximum absolute atomic E-state index is 13.6. The van der Waals surface area contributed by atoms with Crippen molar-refractivity contribution in [2.75, 3.05) is 0 Å². The van der Waals surface area contributed by atoms with E-state index in [1.807, 2.05) is 6.07 Å². The number of benzene rings is 2. The van der Waals surface area contributed by atoms with Crippen LogP contribution in [0.3, 0.4) is 0 Å². The summed E-state index contributed by atoms with van der Waals surface area (Å²) >= 11 is 3.27. The lowest BCUT2D eigenvalue weighted by molar-refractivity contribution is -0.121. The van der Waals surface area contributed by atoms with E-state index in [0.717, 1.165) is 4.47 Å². The Morgan fingerprint density at radius 1 is 1.17 bits per heavy atom. The number of halogens is 2. The Morgan fingerprint density at radius 2 is 1.88 bits per heavy atom. The van der Waals surface area contributed by atoms with E-state index < -0.39 is 0 Å². The zero-order valence-corrected chi connectivity index (χ0v) is 14.8. The van der Waals surface area contributed by atoms with Crippen LogP contribution in [0.1, 0.15) is 29.3 Å². The summed E-state index contributed by atoms with van der Waals surface area (Å²) in [6, 6.07) is 13.0. The van der Waals surface area contributed by atoms with Gasteiger partial charge in [0.25, 0.3) is 5.91 Å². The molecule has 0 fully saturated rings. The Bertz CT molecular complexity index is 722. The summed E-state index contributed by atoms with van der Waals surface area (Å²) in [4.78, 5) is 23.9. The van der Waals surface area contributed by atoms with Crippen LogP contribution in [-0.4, -0.2) is 17.9 Å². The number of rotatable bonds is 6. The van der Waals surface area contributed by atoms with Crippen molar-refractivity contribution in [3.63, 3.8) is 0 Å². The molecule has 2 aromatic rings. The Kier molecular flexibility index (Phi) is 6.49. The highest BCUT2D eigenvalue weighted by Gasteiger charge is 2.13. The highest BCUT2D eigenvalue weighted by Crippen LogP contribution is 2.15. The molecule has 1 unspecified atom stereocenters. The third-order valence-corrected chi connectivity index (χ3v) is 3.88. The molecule has 0 heterocycles. The second-order valence-corrected chi connectivity index (χ2v) is 6.37. The highest BCUT2D eigenvalue weighted by atomic mass is 79.9. The summed E-state index contributed by atoms with van der Waals surface area (Å²) in [5.74, 6) is -0.854. The maximum Gasteiger partial charge on any atom is 0.251 e.